The molecule has 0 spiro atoms. The number of hydrogen-bond acceptors (Lipinski definition) is 5. The predicted molar refractivity (Wildman–Crippen MR) is 157 cm³/mol. The van der Waals surface area contributed by atoms with Gasteiger partial charge in [-0.2, -0.15) is 0 Å². The van der Waals surface area contributed by atoms with Gasteiger partial charge < -0.3 is 20.5 Å². The molecule has 0 saturated heterocycles. The molecule has 0 heterocycles. The first-order valence-corrected chi connectivity index (χ1v) is 14.8. The van der Waals surface area contributed by atoms with Gasteiger partial charge in [-0.15, -0.1) is 0 Å². The van der Waals surface area contributed by atoms with E-state index in [1.54, 1.807) is 44.3 Å². The number of ketones is 1. The van der Waals surface area contributed by atoms with Gasteiger partial charge in [-0.3, -0.25) is 14.4 Å². The number of amides is 1. The van der Waals surface area contributed by atoms with Crippen molar-refractivity contribution in [1.82, 2.24) is 4.90 Å². The fourth-order valence-corrected chi connectivity index (χ4v) is 5.25. The molecule has 1 saturated carbocycles. The fraction of sp³-hybridized carbons (Fsp3) is 0.531. The molecular formula is C32H42ClFN2O5. The molecule has 0 radical (unpaired) electrons. The van der Waals surface area contributed by atoms with Crippen LogP contribution in [0.25, 0.3) is 0 Å². The maximum atomic E-state index is 13.9. The molecule has 9 heteroatoms. The number of carbonyl (C=O) groups excluding carboxylic acids is 2. The second-order valence-corrected chi connectivity index (χ2v) is 11.7. The Morgan fingerprint density at radius 1 is 1.12 bits per heavy atom. The topological polar surface area (TPSA) is 110 Å². The first kappa shape index (κ1) is 32.5. The smallest absolute Gasteiger partial charge is 0.307 e. The Morgan fingerprint density at radius 3 is 2.41 bits per heavy atom. The summed E-state index contributed by atoms with van der Waals surface area (Å²) in [7, 11) is 1.62. The van der Waals surface area contributed by atoms with E-state index in [4.69, 9.17) is 22.1 Å². The van der Waals surface area contributed by atoms with Crippen molar-refractivity contribution in [3.8, 4) is 5.75 Å². The number of nitrogens with zero attached hydrogens (tertiary/aromatic N) is 1. The first-order chi connectivity index (χ1) is 19.5. The second-order valence-electron chi connectivity index (χ2n) is 11.3. The Kier molecular flexibility index (Phi) is 12.2. The molecule has 1 aliphatic rings. The lowest BCUT2D eigenvalue weighted by molar-refractivity contribution is -0.145. The van der Waals surface area contributed by atoms with Crippen molar-refractivity contribution < 1.29 is 28.6 Å². The van der Waals surface area contributed by atoms with E-state index in [0.29, 0.717) is 36.6 Å². The van der Waals surface area contributed by atoms with Gasteiger partial charge in [0, 0.05) is 30.5 Å². The van der Waals surface area contributed by atoms with Crippen LogP contribution < -0.4 is 10.5 Å². The lowest BCUT2D eigenvalue weighted by atomic mass is 9.91. The zero-order valence-electron chi connectivity index (χ0n) is 24.2. The first-order valence-electron chi connectivity index (χ1n) is 14.4. The van der Waals surface area contributed by atoms with Crippen LogP contribution in [0.5, 0.6) is 5.75 Å². The van der Waals surface area contributed by atoms with Crippen LogP contribution in [0.3, 0.4) is 0 Å². The Bertz CT molecular complexity index is 1190. The molecule has 7 nitrogen and oxygen atoms in total. The predicted octanol–water partition coefficient (Wildman–Crippen LogP) is 5.69. The van der Waals surface area contributed by atoms with E-state index in [9.17, 15) is 23.9 Å². The molecule has 2 aromatic carbocycles. The highest BCUT2D eigenvalue weighted by Gasteiger charge is 2.39. The SMILES string of the molecule is C[C@H](CC[C@H](C(=O)N(C)[C@H](C)C(=O)C[C@H](Cc1ccc(Cl)cc1)C(=O)O)C1CC1)Oc1cc(F)ccc1CCCN. The van der Waals surface area contributed by atoms with E-state index >= 15 is 0 Å². The molecule has 0 bridgehead atoms. The number of benzene rings is 2. The Labute approximate surface area is 247 Å². The summed E-state index contributed by atoms with van der Waals surface area (Å²) in [6.45, 7) is 4.10. The van der Waals surface area contributed by atoms with Crippen LogP contribution >= 0.6 is 11.6 Å². The van der Waals surface area contributed by atoms with Gasteiger partial charge in [0.1, 0.15) is 11.6 Å². The summed E-state index contributed by atoms with van der Waals surface area (Å²) in [4.78, 5) is 40.0. The minimum absolute atomic E-state index is 0.112. The number of carbonyl (C=O) groups is 3. The highest BCUT2D eigenvalue weighted by Crippen LogP contribution is 2.40. The third-order valence-corrected chi connectivity index (χ3v) is 8.24. The lowest BCUT2D eigenvalue weighted by Gasteiger charge is -2.29. The summed E-state index contributed by atoms with van der Waals surface area (Å²) in [5.41, 5.74) is 7.32. The van der Waals surface area contributed by atoms with Crippen molar-refractivity contribution in [1.29, 1.82) is 0 Å². The number of carboxylic acid groups (broad SMARTS) is 1. The number of Topliss-reactive ketones (excluding diaryl/α,β-unsaturated/α-hetero) is 1. The van der Waals surface area contributed by atoms with Gasteiger partial charge in [-0.25, -0.2) is 4.39 Å². The van der Waals surface area contributed by atoms with Crippen molar-refractivity contribution in [2.24, 2.45) is 23.5 Å². The molecule has 1 fully saturated rings. The number of aryl methyl sites for hydroxylation is 1. The van der Waals surface area contributed by atoms with Crippen molar-refractivity contribution in [2.75, 3.05) is 13.6 Å². The van der Waals surface area contributed by atoms with E-state index in [-0.39, 0.29) is 48.3 Å². The van der Waals surface area contributed by atoms with E-state index in [2.05, 4.69) is 0 Å². The van der Waals surface area contributed by atoms with Crippen LogP contribution in [0.2, 0.25) is 5.02 Å². The van der Waals surface area contributed by atoms with Crippen LogP contribution in [-0.4, -0.2) is 53.4 Å². The molecule has 224 valence electrons. The van der Waals surface area contributed by atoms with Crippen LogP contribution in [0.15, 0.2) is 42.5 Å². The molecular weight excluding hydrogens is 547 g/mol. The summed E-state index contributed by atoms with van der Waals surface area (Å²) in [5, 5.41) is 10.3. The number of ether oxygens (including phenoxy) is 1. The molecule has 2 aromatic rings. The molecule has 0 unspecified atom stereocenters. The molecule has 41 heavy (non-hydrogen) atoms. The van der Waals surface area contributed by atoms with E-state index in [1.807, 2.05) is 6.92 Å². The Balaban J connectivity index is 1.58. The number of rotatable bonds is 17. The standard InChI is InChI=1S/C32H42ClFN2O5/c1-20(41-30-19-27(34)14-11-24(30)5-4-16-35)6-15-28(23-9-10-23)31(38)36(3)21(2)29(37)18-25(32(39)40)17-22-7-12-26(33)13-8-22/h7-8,11-14,19-21,23,25,28H,4-6,9-10,15-18,35H2,1-3H3,(H,39,40)/t20-,21-,25+,28+/m1/s1. The molecule has 1 amide bonds. The summed E-state index contributed by atoms with van der Waals surface area (Å²) in [6.07, 6.45) is 4.34. The largest absolute Gasteiger partial charge is 0.490 e. The molecule has 3 rings (SSSR count). The maximum Gasteiger partial charge on any atom is 0.307 e. The summed E-state index contributed by atoms with van der Waals surface area (Å²) >= 11 is 5.93. The minimum Gasteiger partial charge on any atom is -0.490 e. The van der Waals surface area contributed by atoms with E-state index in [0.717, 1.165) is 30.4 Å². The van der Waals surface area contributed by atoms with Gasteiger partial charge in [0.05, 0.1) is 18.1 Å². The zero-order valence-corrected chi connectivity index (χ0v) is 24.9. The summed E-state index contributed by atoms with van der Waals surface area (Å²) in [5.74, 6) is -2.21. The quantitative estimate of drug-likeness (QED) is 0.245. The van der Waals surface area contributed by atoms with Gasteiger partial charge in [-0.1, -0.05) is 29.8 Å². The molecule has 0 aromatic heterocycles. The fourth-order valence-electron chi connectivity index (χ4n) is 5.12. The van der Waals surface area contributed by atoms with Crippen LogP contribution in [-0.2, 0) is 27.2 Å². The van der Waals surface area contributed by atoms with Crippen LogP contribution in [0.1, 0.15) is 63.5 Å². The molecule has 0 aliphatic heterocycles. The van der Waals surface area contributed by atoms with Crippen molar-refractivity contribution in [3.63, 3.8) is 0 Å². The summed E-state index contributed by atoms with van der Waals surface area (Å²) in [6, 6.07) is 10.7. The van der Waals surface area contributed by atoms with Gasteiger partial charge in [-0.05, 0) is 101 Å². The molecule has 1 aliphatic carbocycles. The van der Waals surface area contributed by atoms with Crippen molar-refractivity contribution in [2.45, 2.75) is 77.4 Å². The van der Waals surface area contributed by atoms with E-state index < -0.39 is 17.9 Å². The van der Waals surface area contributed by atoms with Crippen LogP contribution in [0.4, 0.5) is 4.39 Å². The molecule has 3 N–H and O–H groups in total. The Hall–Kier alpha value is -2.97. The van der Waals surface area contributed by atoms with E-state index in [1.165, 1.54) is 17.0 Å². The van der Waals surface area contributed by atoms with Gasteiger partial charge in [0.15, 0.2) is 5.78 Å². The second kappa shape index (κ2) is 15.3. The zero-order chi connectivity index (χ0) is 30.1. The van der Waals surface area contributed by atoms with Gasteiger partial charge >= 0.3 is 5.97 Å². The van der Waals surface area contributed by atoms with Crippen LogP contribution in [0, 0.1) is 23.6 Å². The third kappa shape index (κ3) is 9.82. The Morgan fingerprint density at radius 2 is 1.80 bits per heavy atom. The normalized spacial score (nSPS) is 16.0. The molecule has 4 atom stereocenters. The number of likely N-dealkylation sites (N-methyl/N-ethyl adjacent to an activating group) is 1. The summed E-state index contributed by atoms with van der Waals surface area (Å²) < 4.78 is 20.0. The van der Waals surface area contributed by atoms with Gasteiger partial charge in [0.25, 0.3) is 0 Å². The van der Waals surface area contributed by atoms with Crippen molar-refractivity contribution >= 4 is 29.3 Å². The lowest BCUT2D eigenvalue weighted by Crippen LogP contribution is -2.45. The average Bonchev–Trinajstić information content (AvgIpc) is 3.78. The number of nitrogens with two attached hydrogens (primary N) is 1. The number of halogens is 2. The maximum absolute atomic E-state index is 13.9. The van der Waals surface area contributed by atoms with Gasteiger partial charge in [0.2, 0.25) is 5.91 Å². The number of carboxylic acids is 1. The number of aliphatic carboxylic acids is 1. The average molecular weight is 589 g/mol. The van der Waals surface area contributed by atoms with Crippen molar-refractivity contribution in [3.05, 3.63) is 64.4 Å². The number of hydrogen-bond donors (Lipinski definition) is 2. The highest BCUT2D eigenvalue weighted by molar-refractivity contribution is 6.30. The minimum atomic E-state index is -1.05. The monoisotopic (exact) mass is 588 g/mol. The highest BCUT2D eigenvalue weighted by atomic mass is 35.5. The third-order valence-electron chi connectivity index (χ3n) is 7.99.